The Kier molecular flexibility index (Phi) is 6.75. The molecule has 132 valence electrons. The van der Waals surface area contributed by atoms with Crippen LogP contribution in [-0.2, 0) is 9.47 Å². The third-order valence-electron chi connectivity index (χ3n) is 4.23. The average molecular weight is 334 g/mol. The molecule has 1 aliphatic rings. The quantitative estimate of drug-likeness (QED) is 0.741. The van der Waals surface area contributed by atoms with Gasteiger partial charge in [-0.2, -0.15) is 0 Å². The van der Waals surface area contributed by atoms with Crippen molar-refractivity contribution >= 4 is 11.9 Å². The molecule has 1 saturated heterocycles. The first-order chi connectivity index (χ1) is 11.5. The van der Waals surface area contributed by atoms with E-state index in [2.05, 4.69) is 4.90 Å². The molecule has 6 nitrogen and oxygen atoms in total. The van der Waals surface area contributed by atoms with Gasteiger partial charge in [0.05, 0.1) is 12.7 Å². The normalized spacial score (nSPS) is 15.3. The predicted molar refractivity (Wildman–Crippen MR) is 91.2 cm³/mol. The molecule has 1 heterocycles. The predicted octanol–water partition coefficient (Wildman–Crippen LogP) is 1.66. The number of hydrogen-bond acceptors (Lipinski definition) is 5. The molecule has 0 bridgehead atoms. The maximum Gasteiger partial charge on any atom is 0.337 e. The van der Waals surface area contributed by atoms with Gasteiger partial charge in [-0.3, -0.25) is 4.79 Å². The lowest BCUT2D eigenvalue weighted by molar-refractivity contribution is 0.0275. The Balaban J connectivity index is 2.14. The molecule has 1 aliphatic heterocycles. The smallest absolute Gasteiger partial charge is 0.337 e. The molecule has 1 fully saturated rings. The summed E-state index contributed by atoms with van der Waals surface area (Å²) in [5, 5.41) is 0. The largest absolute Gasteiger partial charge is 0.465 e. The van der Waals surface area contributed by atoms with Crippen molar-refractivity contribution in [1.82, 2.24) is 9.80 Å². The minimum atomic E-state index is -0.400. The summed E-state index contributed by atoms with van der Waals surface area (Å²) in [6.45, 7) is 2.87. The van der Waals surface area contributed by atoms with Gasteiger partial charge in [-0.25, -0.2) is 4.79 Å². The van der Waals surface area contributed by atoms with Gasteiger partial charge in [0.2, 0.25) is 0 Å². The lowest BCUT2D eigenvalue weighted by Gasteiger charge is -2.35. The van der Waals surface area contributed by atoms with Crippen molar-refractivity contribution in [2.45, 2.75) is 18.9 Å². The fourth-order valence-electron chi connectivity index (χ4n) is 2.79. The van der Waals surface area contributed by atoms with Crippen LogP contribution in [0.15, 0.2) is 24.3 Å². The van der Waals surface area contributed by atoms with Gasteiger partial charge in [0, 0.05) is 37.9 Å². The molecule has 1 aromatic carbocycles. The summed E-state index contributed by atoms with van der Waals surface area (Å²) in [7, 11) is 5.34. The summed E-state index contributed by atoms with van der Waals surface area (Å²) in [6.07, 6.45) is 1.72. The molecule has 0 N–H and O–H groups in total. The number of likely N-dealkylation sites (N-methyl/N-ethyl adjacent to an activating group) is 1. The standard InChI is InChI=1S/C18H26N2O4/c1-19(2)10-11-20(16-8-12-24-13-9-16)17(21)14-4-6-15(7-5-14)18(22)23-3/h4-7,16H,8-13H2,1-3H3. The second kappa shape index (κ2) is 8.80. The van der Waals surface area contributed by atoms with Crippen LogP contribution in [0, 0.1) is 0 Å². The van der Waals surface area contributed by atoms with E-state index in [0.717, 1.165) is 19.4 Å². The van der Waals surface area contributed by atoms with E-state index in [1.807, 2.05) is 19.0 Å². The highest BCUT2D eigenvalue weighted by Crippen LogP contribution is 2.18. The second-order valence-electron chi connectivity index (χ2n) is 6.21. The summed E-state index contributed by atoms with van der Waals surface area (Å²) in [5.41, 5.74) is 1.04. The van der Waals surface area contributed by atoms with Crippen LogP contribution in [0.4, 0.5) is 0 Å². The topological polar surface area (TPSA) is 59.1 Å². The molecule has 2 rings (SSSR count). The second-order valence-corrected chi connectivity index (χ2v) is 6.21. The van der Waals surface area contributed by atoms with Gasteiger partial charge < -0.3 is 19.3 Å². The average Bonchev–Trinajstić information content (AvgIpc) is 2.62. The Bertz CT molecular complexity index is 551. The number of benzene rings is 1. The van der Waals surface area contributed by atoms with Crippen LogP contribution in [0.3, 0.4) is 0 Å². The van der Waals surface area contributed by atoms with Gasteiger partial charge in [-0.15, -0.1) is 0 Å². The van der Waals surface area contributed by atoms with Crippen LogP contribution in [0.2, 0.25) is 0 Å². The number of nitrogens with zero attached hydrogens (tertiary/aromatic N) is 2. The van der Waals surface area contributed by atoms with E-state index >= 15 is 0 Å². The Morgan fingerprint density at radius 2 is 1.67 bits per heavy atom. The zero-order chi connectivity index (χ0) is 17.5. The number of esters is 1. The molecular formula is C18H26N2O4. The lowest BCUT2D eigenvalue weighted by atomic mass is 10.0. The maximum atomic E-state index is 13.0. The molecule has 1 aromatic rings. The van der Waals surface area contributed by atoms with Crippen molar-refractivity contribution in [2.75, 3.05) is 47.5 Å². The molecule has 0 aliphatic carbocycles. The SMILES string of the molecule is COC(=O)c1ccc(C(=O)N(CCN(C)C)C2CCOCC2)cc1. The number of rotatable bonds is 6. The summed E-state index contributed by atoms with van der Waals surface area (Å²) in [4.78, 5) is 28.5. The van der Waals surface area contributed by atoms with Crippen LogP contribution in [0.5, 0.6) is 0 Å². The first-order valence-electron chi connectivity index (χ1n) is 8.24. The lowest BCUT2D eigenvalue weighted by Crippen LogP contribution is -2.46. The molecule has 0 atom stereocenters. The van der Waals surface area contributed by atoms with Crippen LogP contribution in [0.1, 0.15) is 33.6 Å². The van der Waals surface area contributed by atoms with Crippen LogP contribution < -0.4 is 0 Å². The van der Waals surface area contributed by atoms with E-state index in [1.165, 1.54) is 7.11 Å². The van der Waals surface area contributed by atoms with Gasteiger partial charge in [-0.1, -0.05) is 0 Å². The highest BCUT2D eigenvalue weighted by molar-refractivity contribution is 5.96. The van der Waals surface area contributed by atoms with E-state index in [0.29, 0.717) is 30.9 Å². The minimum Gasteiger partial charge on any atom is -0.465 e. The molecule has 1 amide bonds. The fraction of sp³-hybridized carbons (Fsp3) is 0.556. The van der Waals surface area contributed by atoms with Gasteiger partial charge in [0.1, 0.15) is 0 Å². The number of hydrogen-bond donors (Lipinski definition) is 0. The first-order valence-corrected chi connectivity index (χ1v) is 8.24. The number of carbonyl (C=O) groups is 2. The molecular weight excluding hydrogens is 308 g/mol. The maximum absolute atomic E-state index is 13.0. The number of carbonyl (C=O) groups excluding carboxylic acids is 2. The number of amides is 1. The van der Waals surface area contributed by atoms with Crippen molar-refractivity contribution in [2.24, 2.45) is 0 Å². The number of ether oxygens (including phenoxy) is 2. The Labute approximate surface area is 143 Å². The molecule has 0 spiro atoms. The van der Waals surface area contributed by atoms with E-state index in [4.69, 9.17) is 9.47 Å². The molecule has 0 radical (unpaired) electrons. The fourth-order valence-corrected chi connectivity index (χ4v) is 2.79. The van der Waals surface area contributed by atoms with E-state index < -0.39 is 5.97 Å². The molecule has 24 heavy (non-hydrogen) atoms. The summed E-state index contributed by atoms with van der Waals surface area (Å²) >= 11 is 0. The Morgan fingerprint density at radius 1 is 1.08 bits per heavy atom. The van der Waals surface area contributed by atoms with Gasteiger partial charge in [0.25, 0.3) is 5.91 Å². The van der Waals surface area contributed by atoms with E-state index in [1.54, 1.807) is 24.3 Å². The highest BCUT2D eigenvalue weighted by Gasteiger charge is 2.26. The molecule has 6 heteroatoms. The first kappa shape index (κ1) is 18.4. The summed E-state index contributed by atoms with van der Waals surface area (Å²) < 4.78 is 10.1. The van der Waals surface area contributed by atoms with Crippen molar-refractivity contribution in [3.8, 4) is 0 Å². The Hall–Kier alpha value is -1.92. The third-order valence-corrected chi connectivity index (χ3v) is 4.23. The van der Waals surface area contributed by atoms with Crippen molar-refractivity contribution in [1.29, 1.82) is 0 Å². The van der Waals surface area contributed by atoms with Crippen molar-refractivity contribution in [3.63, 3.8) is 0 Å². The summed E-state index contributed by atoms with van der Waals surface area (Å²) in [6, 6.07) is 6.85. The molecule has 0 unspecified atom stereocenters. The van der Waals surface area contributed by atoms with Crippen molar-refractivity contribution < 1.29 is 19.1 Å². The van der Waals surface area contributed by atoms with Crippen LogP contribution in [0.25, 0.3) is 0 Å². The number of methoxy groups -OCH3 is 1. The Morgan fingerprint density at radius 3 is 2.21 bits per heavy atom. The van der Waals surface area contributed by atoms with Gasteiger partial charge >= 0.3 is 5.97 Å². The van der Waals surface area contributed by atoms with Gasteiger partial charge in [-0.05, 0) is 51.2 Å². The molecule has 0 saturated carbocycles. The van der Waals surface area contributed by atoms with Gasteiger partial charge in [0.15, 0.2) is 0 Å². The zero-order valence-electron chi connectivity index (χ0n) is 14.7. The van der Waals surface area contributed by atoms with E-state index in [-0.39, 0.29) is 11.9 Å². The van der Waals surface area contributed by atoms with Crippen molar-refractivity contribution in [3.05, 3.63) is 35.4 Å². The minimum absolute atomic E-state index is 0.000154. The third kappa shape index (κ3) is 4.79. The molecule has 0 aromatic heterocycles. The zero-order valence-corrected chi connectivity index (χ0v) is 14.7. The highest BCUT2D eigenvalue weighted by atomic mass is 16.5. The van der Waals surface area contributed by atoms with Crippen LogP contribution >= 0.6 is 0 Å². The van der Waals surface area contributed by atoms with E-state index in [9.17, 15) is 9.59 Å². The monoisotopic (exact) mass is 334 g/mol. The summed E-state index contributed by atoms with van der Waals surface area (Å²) in [5.74, 6) is -0.400. The van der Waals surface area contributed by atoms with Crippen LogP contribution in [-0.4, -0.2) is 75.2 Å².